The molecular weight excluding hydrogens is 200 g/mol. The van der Waals surface area contributed by atoms with E-state index in [1.165, 1.54) is 5.56 Å². The fourth-order valence-electron chi connectivity index (χ4n) is 1.98. The average molecular weight is 224 g/mol. The number of rotatable bonds is 5. The van der Waals surface area contributed by atoms with Gasteiger partial charge in [0.1, 0.15) is 0 Å². The smallest absolute Gasteiger partial charge is 0.0670 e. The van der Waals surface area contributed by atoms with Gasteiger partial charge in [0.2, 0.25) is 0 Å². The molecule has 0 saturated heterocycles. The van der Waals surface area contributed by atoms with Gasteiger partial charge in [0.15, 0.2) is 0 Å². The Bertz CT molecular complexity index is 330. The minimum absolute atomic E-state index is 0.267. The van der Waals surface area contributed by atoms with Gasteiger partial charge < -0.3 is 5.73 Å². The third-order valence-corrected chi connectivity index (χ3v) is 3.16. The lowest BCUT2D eigenvalue weighted by Crippen LogP contribution is -2.35. The highest BCUT2D eigenvalue weighted by molar-refractivity contribution is 5.22. The Hall–Kier alpha value is -0.870. The second kappa shape index (κ2) is 5.46. The first kappa shape index (κ1) is 13.2. The number of aryl methyl sites for hydroxylation is 2. The van der Waals surface area contributed by atoms with E-state index >= 15 is 0 Å². The standard InChI is InChI=1S/C12H24N4/c1-6-11-10(8-15(4)14-11)12(7-13)16(5)9(2)3/h8-9,12H,6-7,13H2,1-5H3. The monoisotopic (exact) mass is 224 g/mol. The van der Waals surface area contributed by atoms with E-state index in [2.05, 4.69) is 44.0 Å². The Morgan fingerprint density at radius 1 is 1.50 bits per heavy atom. The molecule has 0 fully saturated rings. The van der Waals surface area contributed by atoms with E-state index in [1.54, 1.807) is 0 Å². The number of hydrogen-bond donors (Lipinski definition) is 1. The summed E-state index contributed by atoms with van der Waals surface area (Å²) in [5.41, 5.74) is 8.32. The van der Waals surface area contributed by atoms with Crippen molar-refractivity contribution in [3.05, 3.63) is 17.5 Å². The summed E-state index contributed by atoms with van der Waals surface area (Å²) in [6, 6.07) is 0.752. The molecule has 4 heteroatoms. The van der Waals surface area contributed by atoms with Crippen LogP contribution in [0.3, 0.4) is 0 Å². The van der Waals surface area contributed by atoms with Crippen LogP contribution in [-0.2, 0) is 13.5 Å². The van der Waals surface area contributed by atoms with Crippen molar-refractivity contribution in [1.82, 2.24) is 14.7 Å². The number of nitrogens with two attached hydrogens (primary N) is 1. The Balaban J connectivity index is 3.02. The van der Waals surface area contributed by atoms with Crippen LogP contribution >= 0.6 is 0 Å². The van der Waals surface area contributed by atoms with Crippen LogP contribution < -0.4 is 5.73 Å². The van der Waals surface area contributed by atoms with Gasteiger partial charge in [0, 0.05) is 31.4 Å². The summed E-state index contributed by atoms with van der Waals surface area (Å²) in [6.45, 7) is 7.14. The van der Waals surface area contributed by atoms with Crippen molar-refractivity contribution in [2.45, 2.75) is 39.3 Å². The fourth-order valence-corrected chi connectivity index (χ4v) is 1.98. The second-order valence-electron chi connectivity index (χ2n) is 4.57. The summed E-state index contributed by atoms with van der Waals surface area (Å²) in [5, 5.41) is 4.47. The van der Waals surface area contributed by atoms with Crippen molar-refractivity contribution >= 4 is 0 Å². The highest BCUT2D eigenvalue weighted by Gasteiger charge is 2.22. The van der Waals surface area contributed by atoms with E-state index in [0.717, 1.165) is 12.1 Å². The zero-order chi connectivity index (χ0) is 12.3. The maximum absolute atomic E-state index is 5.90. The molecule has 0 bridgehead atoms. The van der Waals surface area contributed by atoms with Crippen LogP contribution in [0.4, 0.5) is 0 Å². The van der Waals surface area contributed by atoms with Gasteiger partial charge in [0.25, 0.3) is 0 Å². The van der Waals surface area contributed by atoms with Gasteiger partial charge in [-0.15, -0.1) is 0 Å². The van der Waals surface area contributed by atoms with Gasteiger partial charge in [-0.1, -0.05) is 6.92 Å². The summed E-state index contributed by atoms with van der Waals surface area (Å²) in [4.78, 5) is 2.30. The summed E-state index contributed by atoms with van der Waals surface area (Å²) in [7, 11) is 4.08. The van der Waals surface area contributed by atoms with Gasteiger partial charge in [0.05, 0.1) is 11.7 Å². The quantitative estimate of drug-likeness (QED) is 0.820. The molecule has 1 aromatic heterocycles. The van der Waals surface area contributed by atoms with Crippen LogP contribution in [0, 0.1) is 0 Å². The number of aromatic nitrogens is 2. The Morgan fingerprint density at radius 2 is 2.12 bits per heavy atom. The molecule has 0 aliphatic carbocycles. The molecule has 0 aliphatic rings. The SMILES string of the molecule is CCc1nn(C)cc1C(CN)N(C)C(C)C. The largest absolute Gasteiger partial charge is 0.329 e. The number of nitrogens with zero attached hydrogens (tertiary/aromatic N) is 3. The summed E-state index contributed by atoms with van der Waals surface area (Å²) < 4.78 is 1.88. The maximum atomic E-state index is 5.90. The predicted octanol–water partition coefficient (Wildman–Crippen LogP) is 1.32. The fraction of sp³-hybridized carbons (Fsp3) is 0.750. The Kier molecular flexibility index (Phi) is 4.50. The first-order valence-electron chi connectivity index (χ1n) is 5.95. The lowest BCUT2D eigenvalue weighted by atomic mass is 10.0. The third-order valence-electron chi connectivity index (χ3n) is 3.16. The van der Waals surface area contributed by atoms with Gasteiger partial charge in [-0.2, -0.15) is 5.10 Å². The lowest BCUT2D eigenvalue weighted by molar-refractivity contribution is 0.200. The van der Waals surface area contributed by atoms with Gasteiger partial charge >= 0.3 is 0 Å². The van der Waals surface area contributed by atoms with Crippen molar-refractivity contribution in [2.75, 3.05) is 13.6 Å². The van der Waals surface area contributed by atoms with Crippen LogP contribution in [-0.4, -0.2) is 34.3 Å². The zero-order valence-corrected chi connectivity index (χ0v) is 11.1. The van der Waals surface area contributed by atoms with Crippen molar-refractivity contribution in [3.63, 3.8) is 0 Å². The minimum Gasteiger partial charge on any atom is -0.329 e. The number of likely N-dealkylation sites (N-methyl/N-ethyl adjacent to an activating group) is 1. The normalized spacial score (nSPS) is 13.8. The summed E-state index contributed by atoms with van der Waals surface area (Å²) in [6.07, 6.45) is 3.05. The van der Waals surface area contributed by atoms with E-state index in [1.807, 2.05) is 11.7 Å². The van der Waals surface area contributed by atoms with E-state index < -0.39 is 0 Å². The number of hydrogen-bond acceptors (Lipinski definition) is 3. The minimum atomic E-state index is 0.267. The van der Waals surface area contributed by atoms with Crippen molar-refractivity contribution in [2.24, 2.45) is 12.8 Å². The molecule has 0 aliphatic heterocycles. The van der Waals surface area contributed by atoms with Crippen LogP contribution in [0.25, 0.3) is 0 Å². The first-order valence-corrected chi connectivity index (χ1v) is 5.95. The molecule has 16 heavy (non-hydrogen) atoms. The molecule has 0 saturated carbocycles. The van der Waals surface area contributed by atoms with Gasteiger partial charge in [-0.25, -0.2) is 0 Å². The van der Waals surface area contributed by atoms with Crippen LogP contribution in [0.5, 0.6) is 0 Å². The Labute approximate surface area is 98.4 Å². The molecule has 1 rings (SSSR count). The molecule has 1 atom stereocenters. The van der Waals surface area contributed by atoms with E-state index in [-0.39, 0.29) is 6.04 Å². The zero-order valence-electron chi connectivity index (χ0n) is 11.1. The van der Waals surface area contributed by atoms with Gasteiger partial charge in [-0.05, 0) is 27.3 Å². The van der Waals surface area contributed by atoms with Gasteiger partial charge in [-0.3, -0.25) is 9.58 Å². The van der Waals surface area contributed by atoms with E-state index in [4.69, 9.17) is 5.73 Å². The molecule has 92 valence electrons. The molecule has 0 aromatic carbocycles. The molecule has 4 nitrogen and oxygen atoms in total. The summed E-state index contributed by atoms with van der Waals surface area (Å²) >= 11 is 0. The average Bonchev–Trinajstić information content (AvgIpc) is 2.60. The lowest BCUT2D eigenvalue weighted by Gasteiger charge is -2.30. The molecule has 0 radical (unpaired) electrons. The van der Waals surface area contributed by atoms with E-state index in [0.29, 0.717) is 12.6 Å². The van der Waals surface area contributed by atoms with Crippen molar-refractivity contribution in [3.8, 4) is 0 Å². The van der Waals surface area contributed by atoms with Crippen LogP contribution in [0.1, 0.15) is 38.1 Å². The Morgan fingerprint density at radius 3 is 2.56 bits per heavy atom. The van der Waals surface area contributed by atoms with Crippen LogP contribution in [0.15, 0.2) is 6.20 Å². The molecule has 0 spiro atoms. The topological polar surface area (TPSA) is 47.1 Å². The second-order valence-corrected chi connectivity index (χ2v) is 4.57. The molecule has 1 aromatic rings. The molecule has 1 unspecified atom stereocenters. The predicted molar refractivity (Wildman–Crippen MR) is 67.3 cm³/mol. The highest BCUT2D eigenvalue weighted by Crippen LogP contribution is 2.23. The molecular formula is C12H24N4. The summed E-state index contributed by atoms with van der Waals surface area (Å²) in [5.74, 6) is 0. The van der Waals surface area contributed by atoms with Crippen molar-refractivity contribution in [1.29, 1.82) is 0 Å². The molecule has 0 amide bonds. The van der Waals surface area contributed by atoms with E-state index in [9.17, 15) is 0 Å². The highest BCUT2D eigenvalue weighted by atomic mass is 15.3. The van der Waals surface area contributed by atoms with Crippen molar-refractivity contribution < 1.29 is 0 Å². The maximum Gasteiger partial charge on any atom is 0.0670 e. The third kappa shape index (κ3) is 2.62. The molecule has 1 heterocycles. The first-order chi connectivity index (χ1) is 7.51. The molecule has 2 N–H and O–H groups in total. The van der Waals surface area contributed by atoms with Crippen LogP contribution in [0.2, 0.25) is 0 Å².